The average Bonchev–Trinajstić information content (AvgIpc) is 2.24. The van der Waals surface area contributed by atoms with E-state index in [1.54, 1.807) is 6.92 Å². The van der Waals surface area contributed by atoms with Crippen LogP contribution in [-0.2, 0) is 14.2 Å². The number of carbonyl (C=O) groups excluding carboxylic acids is 1. The number of rotatable bonds is 5. The van der Waals surface area contributed by atoms with Crippen molar-refractivity contribution in [1.29, 1.82) is 0 Å². The van der Waals surface area contributed by atoms with Crippen LogP contribution in [0.1, 0.15) is 33.6 Å². The lowest BCUT2D eigenvalue weighted by atomic mass is 10.5. The van der Waals surface area contributed by atoms with Crippen molar-refractivity contribution in [3.05, 3.63) is 0 Å². The van der Waals surface area contributed by atoms with E-state index in [2.05, 4.69) is 14.2 Å². The molecule has 0 aliphatic rings. The van der Waals surface area contributed by atoms with Crippen LogP contribution in [0.15, 0.2) is 0 Å². The van der Waals surface area contributed by atoms with Crippen LogP contribution in [0.3, 0.4) is 0 Å². The Kier molecular flexibility index (Phi) is 14.3. The van der Waals surface area contributed by atoms with Crippen LogP contribution < -0.4 is 0 Å². The first kappa shape index (κ1) is 17.0. The maximum atomic E-state index is 10.5. The van der Waals surface area contributed by atoms with E-state index in [1.165, 1.54) is 0 Å². The van der Waals surface area contributed by atoms with Gasteiger partial charge in [0.05, 0.1) is 19.8 Å². The summed E-state index contributed by atoms with van der Waals surface area (Å²) in [6, 6.07) is 0. The standard InChI is InChI=1S/C7H14O3.C3H6O3/c1-3-5-9-7(8)10-6-4-2;1-2-6-3(4)5/h3-6H2,1-2H3;2H2,1H3,(H,4,5). The summed E-state index contributed by atoms with van der Waals surface area (Å²) in [6.07, 6.45) is -0.0937. The van der Waals surface area contributed by atoms with Crippen molar-refractivity contribution in [2.75, 3.05) is 19.8 Å². The van der Waals surface area contributed by atoms with Gasteiger partial charge in [-0.25, -0.2) is 9.59 Å². The normalized spacial score (nSPS) is 8.44. The zero-order chi connectivity index (χ0) is 12.8. The molecule has 16 heavy (non-hydrogen) atoms. The van der Waals surface area contributed by atoms with Gasteiger partial charge in [0.15, 0.2) is 0 Å². The maximum absolute atomic E-state index is 10.5. The molecule has 0 heterocycles. The molecule has 6 heteroatoms. The molecule has 0 bridgehead atoms. The van der Waals surface area contributed by atoms with E-state index in [0.29, 0.717) is 13.2 Å². The van der Waals surface area contributed by atoms with Crippen molar-refractivity contribution in [3.63, 3.8) is 0 Å². The minimum Gasteiger partial charge on any atom is -0.450 e. The van der Waals surface area contributed by atoms with E-state index in [1.807, 2.05) is 13.8 Å². The first-order chi connectivity index (χ1) is 7.58. The SMILES string of the molecule is CCCOC(=O)OCCC.CCOC(=O)O. The molecule has 0 radical (unpaired) electrons. The molecule has 0 aliphatic heterocycles. The van der Waals surface area contributed by atoms with Gasteiger partial charge in [-0.15, -0.1) is 0 Å². The maximum Gasteiger partial charge on any atom is 0.508 e. The quantitative estimate of drug-likeness (QED) is 0.739. The van der Waals surface area contributed by atoms with Crippen molar-refractivity contribution in [1.82, 2.24) is 0 Å². The molecule has 6 nitrogen and oxygen atoms in total. The molecule has 1 N–H and O–H groups in total. The fourth-order valence-electron chi connectivity index (χ4n) is 0.536. The Hall–Kier alpha value is -1.46. The molecule has 0 spiro atoms. The van der Waals surface area contributed by atoms with Crippen LogP contribution in [0.5, 0.6) is 0 Å². The summed E-state index contributed by atoms with van der Waals surface area (Å²) in [7, 11) is 0. The van der Waals surface area contributed by atoms with Crippen LogP contribution in [0.25, 0.3) is 0 Å². The van der Waals surface area contributed by atoms with Crippen molar-refractivity contribution in [2.24, 2.45) is 0 Å². The minimum absolute atomic E-state index is 0.231. The van der Waals surface area contributed by atoms with E-state index in [4.69, 9.17) is 5.11 Å². The second-order valence-electron chi connectivity index (χ2n) is 2.65. The third-order valence-corrected chi connectivity index (χ3v) is 1.12. The largest absolute Gasteiger partial charge is 0.508 e. The van der Waals surface area contributed by atoms with Crippen LogP contribution in [0.4, 0.5) is 9.59 Å². The van der Waals surface area contributed by atoms with Gasteiger partial charge < -0.3 is 19.3 Å². The zero-order valence-electron chi connectivity index (χ0n) is 10.0. The van der Waals surface area contributed by atoms with Crippen molar-refractivity contribution >= 4 is 12.3 Å². The third-order valence-electron chi connectivity index (χ3n) is 1.12. The summed E-state index contributed by atoms with van der Waals surface area (Å²) in [5, 5.41) is 7.69. The molecule has 0 aromatic rings. The Morgan fingerprint density at radius 1 is 0.938 bits per heavy atom. The lowest BCUT2D eigenvalue weighted by molar-refractivity contribution is 0.0554. The smallest absolute Gasteiger partial charge is 0.450 e. The molecular weight excluding hydrogens is 216 g/mol. The zero-order valence-corrected chi connectivity index (χ0v) is 10.0. The monoisotopic (exact) mass is 236 g/mol. The van der Waals surface area contributed by atoms with Gasteiger partial charge in [0.1, 0.15) is 0 Å². The molecule has 0 aromatic heterocycles. The molecule has 0 saturated heterocycles. The number of ether oxygens (including phenoxy) is 3. The van der Waals surface area contributed by atoms with Crippen LogP contribution in [0, 0.1) is 0 Å². The van der Waals surface area contributed by atoms with Crippen LogP contribution in [0.2, 0.25) is 0 Å². The summed E-state index contributed by atoms with van der Waals surface area (Å²) >= 11 is 0. The lowest BCUT2D eigenvalue weighted by Gasteiger charge is -2.02. The summed E-state index contributed by atoms with van der Waals surface area (Å²) < 4.78 is 13.2. The van der Waals surface area contributed by atoms with E-state index < -0.39 is 12.3 Å². The highest BCUT2D eigenvalue weighted by Gasteiger charge is 1.99. The lowest BCUT2D eigenvalue weighted by Crippen LogP contribution is -2.08. The Balaban J connectivity index is 0. The minimum atomic E-state index is -1.21. The highest BCUT2D eigenvalue weighted by atomic mass is 16.7. The van der Waals surface area contributed by atoms with Gasteiger partial charge in [-0.05, 0) is 19.8 Å². The molecular formula is C10H20O6. The fourth-order valence-corrected chi connectivity index (χ4v) is 0.536. The van der Waals surface area contributed by atoms with Crippen molar-refractivity contribution < 1.29 is 28.9 Å². The Morgan fingerprint density at radius 3 is 1.56 bits per heavy atom. The molecule has 0 fully saturated rings. The molecule has 0 amide bonds. The Bertz CT molecular complexity index is 170. The molecule has 0 atom stereocenters. The van der Waals surface area contributed by atoms with Gasteiger partial charge in [-0.2, -0.15) is 0 Å². The highest BCUT2D eigenvalue weighted by molar-refractivity contribution is 5.59. The van der Waals surface area contributed by atoms with Crippen LogP contribution >= 0.6 is 0 Å². The van der Waals surface area contributed by atoms with Gasteiger partial charge in [-0.1, -0.05) is 13.8 Å². The molecule has 0 aromatic carbocycles. The van der Waals surface area contributed by atoms with E-state index in [9.17, 15) is 9.59 Å². The Labute approximate surface area is 95.5 Å². The number of hydrogen-bond donors (Lipinski definition) is 1. The predicted octanol–water partition coefficient (Wildman–Crippen LogP) is 2.66. The fraction of sp³-hybridized carbons (Fsp3) is 0.800. The number of carboxylic acid groups (broad SMARTS) is 1. The molecule has 0 unspecified atom stereocenters. The summed E-state index contributed by atoms with van der Waals surface area (Å²) in [5.41, 5.74) is 0. The Morgan fingerprint density at radius 2 is 1.38 bits per heavy atom. The molecule has 0 aliphatic carbocycles. The summed E-state index contributed by atoms with van der Waals surface area (Å²) in [6.45, 7) is 6.62. The molecule has 96 valence electrons. The van der Waals surface area contributed by atoms with Gasteiger partial charge in [0, 0.05) is 0 Å². The first-order valence-electron chi connectivity index (χ1n) is 5.23. The average molecular weight is 236 g/mol. The predicted molar refractivity (Wildman–Crippen MR) is 57.5 cm³/mol. The first-order valence-corrected chi connectivity index (χ1v) is 5.23. The van der Waals surface area contributed by atoms with Crippen LogP contribution in [-0.4, -0.2) is 37.2 Å². The third kappa shape index (κ3) is 18.3. The van der Waals surface area contributed by atoms with E-state index in [-0.39, 0.29) is 6.61 Å². The van der Waals surface area contributed by atoms with E-state index >= 15 is 0 Å². The molecule has 0 rings (SSSR count). The topological polar surface area (TPSA) is 82.1 Å². The van der Waals surface area contributed by atoms with Gasteiger partial charge in [0.25, 0.3) is 0 Å². The van der Waals surface area contributed by atoms with Gasteiger partial charge >= 0.3 is 12.3 Å². The van der Waals surface area contributed by atoms with Gasteiger partial charge in [-0.3, -0.25) is 0 Å². The summed E-state index contributed by atoms with van der Waals surface area (Å²) in [4.78, 5) is 19.9. The van der Waals surface area contributed by atoms with E-state index in [0.717, 1.165) is 12.8 Å². The number of hydrogen-bond acceptors (Lipinski definition) is 5. The second kappa shape index (κ2) is 13.5. The van der Waals surface area contributed by atoms with Crippen molar-refractivity contribution in [2.45, 2.75) is 33.6 Å². The van der Waals surface area contributed by atoms with Gasteiger partial charge in [0.2, 0.25) is 0 Å². The summed E-state index contributed by atoms with van der Waals surface area (Å²) in [5.74, 6) is 0. The molecule has 0 saturated carbocycles. The highest BCUT2D eigenvalue weighted by Crippen LogP contribution is 1.88. The van der Waals surface area contributed by atoms with Crippen molar-refractivity contribution in [3.8, 4) is 0 Å². The number of carbonyl (C=O) groups is 2. The second-order valence-corrected chi connectivity index (χ2v) is 2.65.